The van der Waals surface area contributed by atoms with Gasteiger partial charge in [0.25, 0.3) is 11.5 Å². The number of nitrogens with two attached hydrogens (primary N) is 1. The number of aromatic nitrogens is 1. The number of likely N-dealkylation sites (tertiary alicyclic amines) is 1. The number of hydrogen-bond acceptors (Lipinski definition) is 3. The van der Waals surface area contributed by atoms with Gasteiger partial charge in [-0.2, -0.15) is 0 Å². The van der Waals surface area contributed by atoms with E-state index in [-0.39, 0.29) is 31.1 Å². The largest absolute Gasteiger partial charge is 0.394 e. The molecule has 1 aliphatic rings. The van der Waals surface area contributed by atoms with Crippen molar-refractivity contribution >= 4 is 18.1 Å². The SMILES string of the molecule is CN1CCC(n2cccc(N)c2=O)C(F)(F)C1.Cl. The second-order valence-electron chi connectivity index (χ2n) is 4.48. The van der Waals surface area contributed by atoms with Crippen molar-refractivity contribution in [2.24, 2.45) is 0 Å². The molecule has 1 unspecified atom stereocenters. The fraction of sp³-hybridized carbons (Fsp3) is 0.545. The van der Waals surface area contributed by atoms with Crippen LogP contribution in [0.4, 0.5) is 14.5 Å². The first-order valence-corrected chi connectivity index (χ1v) is 5.45. The number of alkyl halides is 2. The molecule has 2 rings (SSSR count). The summed E-state index contributed by atoms with van der Waals surface area (Å²) in [6.45, 7) is 0.209. The molecule has 1 saturated heterocycles. The molecule has 102 valence electrons. The molecular formula is C11H16ClF2N3O. The molecule has 2 N–H and O–H groups in total. The Morgan fingerprint density at radius 2 is 2.17 bits per heavy atom. The Kier molecular flexibility index (Phi) is 4.34. The van der Waals surface area contributed by atoms with Crippen LogP contribution in [-0.2, 0) is 0 Å². The van der Waals surface area contributed by atoms with Crippen molar-refractivity contribution in [1.82, 2.24) is 9.47 Å². The Labute approximate surface area is 110 Å². The number of rotatable bonds is 1. The van der Waals surface area contributed by atoms with Crippen LogP contribution in [0.5, 0.6) is 0 Å². The molecule has 0 aliphatic carbocycles. The summed E-state index contributed by atoms with van der Waals surface area (Å²) in [4.78, 5) is 13.3. The van der Waals surface area contributed by atoms with Crippen LogP contribution in [0.3, 0.4) is 0 Å². The minimum atomic E-state index is -2.91. The van der Waals surface area contributed by atoms with Crippen molar-refractivity contribution in [3.05, 3.63) is 28.7 Å². The van der Waals surface area contributed by atoms with Gasteiger partial charge in [-0.1, -0.05) is 0 Å². The smallest absolute Gasteiger partial charge is 0.280 e. The molecule has 0 spiro atoms. The molecule has 0 bridgehead atoms. The maximum atomic E-state index is 13.9. The van der Waals surface area contributed by atoms with Crippen molar-refractivity contribution in [3.63, 3.8) is 0 Å². The Morgan fingerprint density at radius 3 is 2.78 bits per heavy atom. The lowest BCUT2D eigenvalue weighted by molar-refractivity contribution is -0.0988. The van der Waals surface area contributed by atoms with E-state index in [0.29, 0.717) is 6.54 Å². The van der Waals surface area contributed by atoms with Crippen molar-refractivity contribution < 1.29 is 8.78 Å². The molecule has 1 aromatic heterocycles. The Balaban J connectivity index is 0.00000162. The number of piperidine rings is 1. The van der Waals surface area contributed by atoms with E-state index in [9.17, 15) is 13.6 Å². The van der Waals surface area contributed by atoms with Crippen LogP contribution >= 0.6 is 12.4 Å². The van der Waals surface area contributed by atoms with Gasteiger partial charge in [0.15, 0.2) is 0 Å². The second kappa shape index (κ2) is 5.24. The highest BCUT2D eigenvalue weighted by Crippen LogP contribution is 2.35. The zero-order chi connectivity index (χ0) is 12.6. The molecule has 18 heavy (non-hydrogen) atoms. The number of pyridine rings is 1. The van der Waals surface area contributed by atoms with E-state index >= 15 is 0 Å². The minimum absolute atomic E-state index is 0. The normalized spacial score (nSPS) is 23.4. The maximum absolute atomic E-state index is 13.9. The molecule has 1 atom stereocenters. The van der Waals surface area contributed by atoms with E-state index in [2.05, 4.69) is 0 Å². The summed E-state index contributed by atoms with van der Waals surface area (Å²) in [7, 11) is 1.65. The highest BCUT2D eigenvalue weighted by Gasteiger charge is 2.45. The Hall–Kier alpha value is -1.14. The minimum Gasteiger partial charge on any atom is -0.394 e. The van der Waals surface area contributed by atoms with Crippen LogP contribution in [0.2, 0.25) is 0 Å². The Bertz CT molecular complexity index is 478. The average Bonchev–Trinajstić information content (AvgIpc) is 2.22. The van der Waals surface area contributed by atoms with Gasteiger partial charge >= 0.3 is 0 Å². The molecule has 2 heterocycles. The molecule has 1 aromatic rings. The van der Waals surface area contributed by atoms with E-state index in [1.54, 1.807) is 11.9 Å². The molecular weight excluding hydrogens is 264 g/mol. The summed E-state index contributed by atoms with van der Waals surface area (Å²) in [6, 6.07) is 1.84. The molecule has 1 fully saturated rings. The van der Waals surface area contributed by atoms with Crippen LogP contribution in [0.1, 0.15) is 12.5 Å². The first-order valence-electron chi connectivity index (χ1n) is 5.45. The quantitative estimate of drug-likeness (QED) is 0.845. The zero-order valence-corrected chi connectivity index (χ0v) is 10.8. The molecule has 7 heteroatoms. The lowest BCUT2D eigenvalue weighted by Gasteiger charge is -2.37. The summed E-state index contributed by atoms with van der Waals surface area (Å²) in [6.07, 6.45) is 1.62. The molecule has 4 nitrogen and oxygen atoms in total. The lowest BCUT2D eigenvalue weighted by Crippen LogP contribution is -2.49. The third-order valence-corrected chi connectivity index (χ3v) is 3.09. The zero-order valence-electron chi connectivity index (χ0n) is 9.97. The van der Waals surface area contributed by atoms with Gasteiger partial charge in [-0.3, -0.25) is 4.79 Å². The van der Waals surface area contributed by atoms with Crippen molar-refractivity contribution in [3.8, 4) is 0 Å². The number of nitrogens with zero attached hydrogens (tertiary/aromatic N) is 2. The lowest BCUT2D eigenvalue weighted by atomic mass is 10.0. The van der Waals surface area contributed by atoms with Gasteiger partial charge in [0, 0.05) is 12.7 Å². The highest BCUT2D eigenvalue weighted by molar-refractivity contribution is 5.85. The molecule has 0 saturated carbocycles. The summed E-state index contributed by atoms with van der Waals surface area (Å²) < 4.78 is 28.8. The predicted molar refractivity (Wildman–Crippen MR) is 68.5 cm³/mol. The number of hydrogen-bond donors (Lipinski definition) is 1. The van der Waals surface area contributed by atoms with E-state index < -0.39 is 17.5 Å². The van der Waals surface area contributed by atoms with Crippen LogP contribution in [-0.4, -0.2) is 35.5 Å². The standard InChI is InChI=1S/C11H15F2N3O.ClH/c1-15-6-4-9(11(12,13)7-15)16-5-2-3-8(14)10(16)17;/h2-3,5,9H,4,6-7,14H2,1H3;1H. The van der Waals surface area contributed by atoms with E-state index in [0.717, 1.165) is 4.57 Å². The van der Waals surface area contributed by atoms with Crippen LogP contribution in [0.25, 0.3) is 0 Å². The van der Waals surface area contributed by atoms with E-state index in [1.807, 2.05) is 0 Å². The van der Waals surface area contributed by atoms with Gasteiger partial charge in [-0.25, -0.2) is 8.78 Å². The van der Waals surface area contributed by atoms with Crippen molar-refractivity contribution in [1.29, 1.82) is 0 Å². The molecule has 0 amide bonds. The highest BCUT2D eigenvalue weighted by atomic mass is 35.5. The Morgan fingerprint density at radius 1 is 1.50 bits per heavy atom. The second-order valence-corrected chi connectivity index (χ2v) is 4.48. The number of halogens is 3. The topological polar surface area (TPSA) is 51.3 Å². The first kappa shape index (κ1) is 14.9. The van der Waals surface area contributed by atoms with Crippen LogP contribution in [0.15, 0.2) is 23.1 Å². The fourth-order valence-corrected chi connectivity index (χ4v) is 2.21. The van der Waals surface area contributed by atoms with Gasteiger partial charge in [0.1, 0.15) is 6.04 Å². The third kappa shape index (κ3) is 2.64. The van der Waals surface area contributed by atoms with Gasteiger partial charge in [-0.05, 0) is 25.6 Å². The van der Waals surface area contributed by atoms with Gasteiger partial charge in [-0.15, -0.1) is 12.4 Å². The van der Waals surface area contributed by atoms with Gasteiger partial charge < -0.3 is 15.2 Å². The maximum Gasteiger partial charge on any atom is 0.280 e. The summed E-state index contributed by atoms with van der Waals surface area (Å²) in [5, 5.41) is 0. The molecule has 0 aromatic carbocycles. The summed E-state index contributed by atoms with van der Waals surface area (Å²) in [5.41, 5.74) is 4.92. The third-order valence-electron chi connectivity index (χ3n) is 3.09. The van der Waals surface area contributed by atoms with Crippen LogP contribution in [0, 0.1) is 0 Å². The fourth-order valence-electron chi connectivity index (χ4n) is 2.21. The van der Waals surface area contributed by atoms with Crippen molar-refractivity contribution in [2.75, 3.05) is 25.9 Å². The first-order chi connectivity index (χ1) is 7.92. The van der Waals surface area contributed by atoms with Crippen LogP contribution < -0.4 is 11.3 Å². The van der Waals surface area contributed by atoms with Gasteiger partial charge in [0.05, 0.1) is 12.2 Å². The van der Waals surface area contributed by atoms with Crippen molar-refractivity contribution in [2.45, 2.75) is 18.4 Å². The summed E-state index contributed by atoms with van der Waals surface area (Å²) in [5.74, 6) is -2.91. The molecule has 0 radical (unpaired) electrons. The monoisotopic (exact) mass is 279 g/mol. The number of anilines is 1. The van der Waals surface area contributed by atoms with E-state index in [4.69, 9.17) is 5.73 Å². The molecule has 1 aliphatic heterocycles. The van der Waals surface area contributed by atoms with E-state index in [1.165, 1.54) is 18.3 Å². The van der Waals surface area contributed by atoms with Gasteiger partial charge in [0.2, 0.25) is 0 Å². The average molecular weight is 280 g/mol. The summed E-state index contributed by atoms with van der Waals surface area (Å²) >= 11 is 0. The number of nitrogen functional groups attached to an aromatic ring is 1. The predicted octanol–water partition coefficient (Wildman–Crippen LogP) is 1.36.